The second-order valence-electron chi connectivity index (χ2n) is 10.6. The van der Waals surface area contributed by atoms with Gasteiger partial charge in [-0.1, -0.05) is 61.8 Å². The lowest BCUT2D eigenvalue weighted by Gasteiger charge is -2.43. The second-order valence-corrected chi connectivity index (χ2v) is 11.0. The number of hydrogen-bond donors (Lipinski definition) is 2. The van der Waals surface area contributed by atoms with E-state index in [0.29, 0.717) is 34.9 Å². The van der Waals surface area contributed by atoms with Crippen LogP contribution in [0.4, 0.5) is 17.1 Å². The van der Waals surface area contributed by atoms with E-state index in [9.17, 15) is 14.7 Å². The molecule has 2 amide bonds. The highest BCUT2D eigenvalue weighted by Crippen LogP contribution is 2.49. The van der Waals surface area contributed by atoms with Crippen molar-refractivity contribution < 1.29 is 14.7 Å². The molecule has 3 aromatic rings. The lowest BCUT2D eigenvalue weighted by molar-refractivity contribution is -0.120. The number of nitrogens with zero attached hydrogens (tertiary/aromatic N) is 2. The highest BCUT2D eigenvalue weighted by atomic mass is 35.5. The van der Waals surface area contributed by atoms with Crippen LogP contribution in [0.1, 0.15) is 61.0 Å². The Bertz CT molecular complexity index is 1380. The first-order valence-corrected chi connectivity index (χ1v) is 14.2. The lowest BCUT2D eigenvalue weighted by Crippen LogP contribution is -2.44. The fourth-order valence-electron chi connectivity index (χ4n) is 6.25. The molecule has 1 fully saturated rings. The number of aliphatic hydroxyl groups is 1. The largest absolute Gasteiger partial charge is 0.380 e. The van der Waals surface area contributed by atoms with Gasteiger partial charge >= 0.3 is 0 Å². The van der Waals surface area contributed by atoms with Gasteiger partial charge in [0.25, 0.3) is 5.91 Å². The summed E-state index contributed by atoms with van der Waals surface area (Å²) in [5.41, 5.74) is 3.02. The smallest absolute Gasteiger partial charge is 0.258 e. The number of nitrogens with one attached hydrogen (secondary N) is 1. The molecule has 0 radical (unpaired) electrons. The van der Waals surface area contributed by atoms with Crippen molar-refractivity contribution in [2.24, 2.45) is 11.8 Å². The third-order valence-corrected chi connectivity index (χ3v) is 8.85. The lowest BCUT2D eigenvalue weighted by atomic mass is 9.70. The topological polar surface area (TPSA) is 72.9 Å². The maximum absolute atomic E-state index is 13.4. The third-order valence-electron chi connectivity index (χ3n) is 8.55. The number of halogens is 1. The highest BCUT2D eigenvalue weighted by Gasteiger charge is 2.47. The van der Waals surface area contributed by atoms with Gasteiger partial charge in [0, 0.05) is 48.4 Å². The molecule has 6 nitrogen and oxygen atoms in total. The second kappa shape index (κ2) is 11.0. The van der Waals surface area contributed by atoms with E-state index in [4.69, 9.17) is 11.6 Å². The van der Waals surface area contributed by atoms with Gasteiger partial charge in [0.05, 0.1) is 16.4 Å². The minimum Gasteiger partial charge on any atom is -0.380 e. The van der Waals surface area contributed by atoms with E-state index in [-0.39, 0.29) is 23.7 Å². The zero-order valence-corrected chi connectivity index (χ0v) is 23.5. The first-order chi connectivity index (χ1) is 18.8. The summed E-state index contributed by atoms with van der Waals surface area (Å²) in [7, 11) is 1.77. The highest BCUT2D eigenvalue weighted by molar-refractivity contribution is 6.33. The van der Waals surface area contributed by atoms with Gasteiger partial charge in [-0.25, -0.2) is 0 Å². The summed E-state index contributed by atoms with van der Waals surface area (Å²) in [6.07, 6.45) is 3.05. The Morgan fingerprint density at radius 3 is 2.31 bits per heavy atom. The number of anilines is 3. The van der Waals surface area contributed by atoms with E-state index in [1.807, 2.05) is 80.6 Å². The number of benzene rings is 3. The van der Waals surface area contributed by atoms with Crippen LogP contribution in [0, 0.1) is 11.8 Å². The first-order valence-electron chi connectivity index (χ1n) is 13.8. The van der Waals surface area contributed by atoms with Gasteiger partial charge in [-0.05, 0) is 61.9 Å². The quantitative estimate of drug-likeness (QED) is 0.373. The molecule has 39 heavy (non-hydrogen) atoms. The van der Waals surface area contributed by atoms with Crippen LogP contribution in [-0.4, -0.2) is 37.1 Å². The molecule has 7 heteroatoms. The van der Waals surface area contributed by atoms with Gasteiger partial charge in [-0.15, -0.1) is 0 Å². The average Bonchev–Trinajstić information content (AvgIpc) is 3.03. The monoisotopic (exact) mass is 545 g/mol. The molecule has 0 aliphatic carbocycles. The molecule has 2 aliphatic rings. The molecule has 1 unspecified atom stereocenters. The summed E-state index contributed by atoms with van der Waals surface area (Å²) in [4.78, 5) is 29.8. The first kappa shape index (κ1) is 27.2. The Kier molecular flexibility index (Phi) is 7.70. The maximum atomic E-state index is 13.4. The molecule has 1 saturated heterocycles. The number of carbonyl (C=O) groups is 2. The predicted octanol–water partition coefficient (Wildman–Crippen LogP) is 6.46. The zero-order valence-electron chi connectivity index (χ0n) is 22.8. The van der Waals surface area contributed by atoms with E-state index in [1.165, 1.54) is 0 Å². The summed E-state index contributed by atoms with van der Waals surface area (Å²) < 4.78 is 0. The molecule has 2 heterocycles. The van der Waals surface area contributed by atoms with E-state index in [1.54, 1.807) is 11.9 Å². The summed E-state index contributed by atoms with van der Waals surface area (Å²) in [5.74, 6) is -0.198. The van der Waals surface area contributed by atoms with Crippen molar-refractivity contribution in [3.8, 4) is 0 Å². The van der Waals surface area contributed by atoms with Crippen molar-refractivity contribution in [2.75, 3.05) is 35.3 Å². The van der Waals surface area contributed by atoms with Crippen molar-refractivity contribution in [1.82, 2.24) is 0 Å². The molecule has 2 aliphatic heterocycles. The standard InChI is InChI=1S/C32H36ClN3O3/c1-4-21(5-2)30(37)34-23-14-15-29(27(33)20-23)36-18-16-22(17-19-36)32(39)25-11-7-6-10-24(25)31(38)35(3)28-13-9-8-12-26(28)32/h6-15,20-22,39H,4-5,16-19H2,1-3H3,(H,34,37). The van der Waals surface area contributed by atoms with Crippen LogP contribution in [0.25, 0.3) is 0 Å². The van der Waals surface area contributed by atoms with Crippen LogP contribution in [0.15, 0.2) is 66.7 Å². The van der Waals surface area contributed by atoms with Gasteiger partial charge in [0.15, 0.2) is 0 Å². The van der Waals surface area contributed by atoms with Crippen molar-refractivity contribution >= 4 is 40.5 Å². The molecular weight excluding hydrogens is 510 g/mol. The average molecular weight is 546 g/mol. The SMILES string of the molecule is CCC(CC)C(=O)Nc1ccc(N2CCC(C3(O)c4ccccc4C(=O)N(C)c4ccccc43)CC2)c(Cl)c1. The van der Waals surface area contributed by atoms with Crippen LogP contribution >= 0.6 is 11.6 Å². The van der Waals surface area contributed by atoms with Crippen molar-refractivity contribution in [2.45, 2.75) is 45.1 Å². The number of para-hydroxylation sites is 1. The number of carbonyl (C=O) groups excluding carboxylic acids is 2. The number of piperidine rings is 1. The Labute approximate surface area is 235 Å². The van der Waals surface area contributed by atoms with Crippen LogP contribution in [-0.2, 0) is 10.4 Å². The molecule has 0 bridgehead atoms. The Balaban J connectivity index is 1.40. The third kappa shape index (κ3) is 4.81. The number of hydrogen-bond acceptors (Lipinski definition) is 4. The Morgan fingerprint density at radius 1 is 1.00 bits per heavy atom. The summed E-state index contributed by atoms with van der Waals surface area (Å²) in [5, 5.41) is 16.2. The maximum Gasteiger partial charge on any atom is 0.258 e. The fraction of sp³-hybridized carbons (Fsp3) is 0.375. The Morgan fingerprint density at radius 2 is 1.64 bits per heavy atom. The van der Waals surface area contributed by atoms with Crippen LogP contribution in [0.3, 0.4) is 0 Å². The van der Waals surface area contributed by atoms with Crippen molar-refractivity contribution in [1.29, 1.82) is 0 Å². The van der Waals surface area contributed by atoms with E-state index in [2.05, 4.69) is 10.2 Å². The number of fused-ring (bicyclic) bond motifs is 2. The van der Waals surface area contributed by atoms with Gasteiger partial charge in [0.2, 0.25) is 5.91 Å². The molecule has 0 saturated carbocycles. The van der Waals surface area contributed by atoms with E-state index in [0.717, 1.165) is 42.6 Å². The van der Waals surface area contributed by atoms with Crippen molar-refractivity contribution in [3.05, 3.63) is 88.4 Å². The number of amides is 2. The molecule has 204 valence electrons. The zero-order chi connectivity index (χ0) is 27.7. The van der Waals surface area contributed by atoms with Crippen LogP contribution < -0.4 is 15.1 Å². The van der Waals surface area contributed by atoms with Gasteiger partial charge < -0.3 is 20.2 Å². The van der Waals surface area contributed by atoms with Crippen LogP contribution in [0.5, 0.6) is 0 Å². The summed E-state index contributed by atoms with van der Waals surface area (Å²) in [6, 6.07) is 20.8. The summed E-state index contributed by atoms with van der Waals surface area (Å²) >= 11 is 6.71. The summed E-state index contributed by atoms with van der Waals surface area (Å²) in [6.45, 7) is 5.46. The van der Waals surface area contributed by atoms with Gasteiger partial charge in [-0.3, -0.25) is 9.59 Å². The van der Waals surface area contributed by atoms with E-state index >= 15 is 0 Å². The van der Waals surface area contributed by atoms with Crippen molar-refractivity contribution in [3.63, 3.8) is 0 Å². The van der Waals surface area contributed by atoms with E-state index < -0.39 is 5.60 Å². The predicted molar refractivity (Wildman–Crippen MR) is 158 cm³/mol. The number of rotatable bonds is 6. The Hall–Kier alpha value is -3.35. The molecule has 0 spiro atoms. The van der Waals surface area contributed by atoms with Crippen LogP contribution in [0.2, 0.25) is 5.02 Å². The minimum atomic E-state index is -1.30. The molecule has 0 aromatic heterocycles. The fourth-order valence-corrected chi connectivity index (χ4v) is 6.55. The molecular formula is C32H36ClN3O3. The normalized spacial score (nSPS) is 19.5. The van der Waals surface area contributed by atoms with Gasteiger partial charge in [-0.2, -0.15) is 0 Å². The molecule has 2 N–H and O–H groups in total. The van der Waals surface area contributed by atoms with Gasteiger partial charge in [0.1, 0.15) is 5.60 Å². The minimum absolute atomic E-state index is 0.0115. The molecule has 5 rings (SSSR count). The molecule has 1 atom stereocenters. The molecule has 3 aromatic carbocycles.